The summed E-state index contributed by atoms with van der Waals surface area (Å²) < 4.78 is 6.05. The van der Waals surface area contributed by atoms with Gasteiger partial charge < -0.3 is 4.74 Å². The third-order valence-corrected chi connectivity index (χ3v) is 5.46. The smallest absolute Gasteiger partial charge is 0.312 e. The van der Waals surface area contributed by atoms with Gasteiger partial charge in [0.2, 0.25) is 0 Å². The van der Waals surface area contributed by atoms with Crippen LogP contribution in [0.4, 0.5) is 0 Å². The molecule has 0 amide bonds. The first-order valence-corrected chi connectivity index (χ1v) is 7.49. The molecule has 0 saturated heterocycles. The summed E-state index contributed by atoms with van der Waals surface area (Å²) in [6, 6.07) is 0. The molecule has 0 heterocycles. The molecule has 0 aromatic rings. The van der Waals surface area contributed by atoms with E-state index in [0.717, 1.165) is 37.5 Å². The molecule has 2 unspecified atom stereocenters. The molecule has 0 aromatic heterocycles. The number of hydrogen-bond donors (Lipinski definition) is 0. The van der Waals surface area contributed by atoms with Crippen LogP contribution >= 0.6 is 0 Å². The van der Waals surface area contributed by atoms with Gasteiger partial charge in [-0.3, -0.25) is 4.79 Å². The van der Waals surface area contributed by atoms with E-state index >= 15 is 0 Å². The SMILES string of the molecule is CCC(C)(C)C(=O)OC12C[C+]3CC(CC(C3)C1)C2. The zero-order valence-electron chi connectivity index (χ0n) is 11.9. The van der Waals surface area contributed by atoms with Crippen LogP contribution in [0.5, 0.6) is 0 Å². The summed E-state index contributed by atoms with van der Waals surface area (Å²) in [6.07, 6.45) is 8.16. The van der Waals surface area contributed by atoms with Crippen molar-refractivity contribution in [3.8, 4) is 0 Å². The fraction of sp³-hybridized carbons (Fsp3) is 0.875. The molecule has 2 nitrogen and oxygen atoms in total. The Balaban J connectivity index is 1.74. The lowest BCUT2D eigenvalue weighted by Crippen LogP contribution is -2.53. The number of carbonyl (C=O) groups is 1. The van der Waals surface area contributed by atoms with E-state index in [0.29, 0.717) is 0 Å². The number of ether oxygens (including phenoxy) is 1. The molecule has 4 aliphatic rings. The number of esters is 1. The normalized spacial score (nSPS) is 38.1. The van der Waals surface area contributed by atoms with Crippen LogP contribution in [-0.2, 0) is 9.53 Å². The lowest BCUT2D eigenvalue weighted by molar-refractivity contribution is -0.186. The Bertz CT molecular complexity index is 321. The van der Waals surface area contributed by atoms with E-state index in [9.17, 15) is 4.79 Å². The van der Waals surface area contributed by atoms with Gasteiger partial charge in [-0.25, -0.2) is 0 Å². The lowest BCUT2D eigenvalue weighted by Gasteiger charge is -2.50. The van der Waals surface area contributed by atoms with E-state index in [-0.39, 0.29) is 17.0 Å². The van der Waals surface area contributed by atoms with Gasteiger partial charge in [0.15, 0.2) is 5.60 Å². The van der Waals surface area contributed by atoms with Gasteiger partial charge in [0.05, 0.1) is 24.2 Å². The molecule has 2 heteroatoms. The van der Waals surface area contributed by atoms with Crippen molar-refractivity contribution in [1.29, 1.82) is 0 Å². The first kappa shape index (κ1) is 12.4. The molecule has 18 heavy (non-hydrogen) atoms. The van der Waals surface area contributed by atoms with Gasteiger partial charge in [0.25, 0.3) is 0 Å². The van der Waals surface area contributed by atoms with Gasteiger partial charge in [-0.05, 0) is 39.5 Å². The summed E-state index contributed by atoms with van der Waals surface area (Å²) >= 11 is 0. The van der Waals surface area contributed by atoms with E-state index < -0.39 is 0 Å². The van der Waals surface area contributed by atoms with Crippen molar-refractivity contribution in [2.24, 2.45) is 17.3 Å². The molecule has 4 fully saturated rings. The van der Waals surface area contributed by atoms with Gasteiger partial charge in [0, 0.05) is 11.8 Å². The third kappa shape index (κ3) is 1.94. The predicted octanol–water partition coefficient (Wildman–Crippen LogP) is 3.89. The summed E-state index contributed by atoms with van der Waals surface area (Å²) in [4.78, 5) is 12.3. The highest BCUT2D eigenvalue weighted by Crippen LogP contribution is 2.58. The molecule has 2 atom stereocenters. The topological polar surface area (TPSA) is 26.3 Å². The van der Waals surface area contributed by atoms with Crippen LogP contribution < -0.4 is 0 Å². The molecular formula is C16H25O2+. The van der Waals surface area contributed by atoms with Gasteiger partial charge in [0.1, 0.15) is 6.42 Å². The van der Waals surface area contributed by atoms with Crippen LogP contribution in [0.2, 0.25) is 0 Å². The quantitative estimate of drug-likeness (QED) is 0.560. The fourth-order valence-electron chi connectivity index (χ4n) is 4.33. The van der Waals surface area contributed by atoms with Crippen LogP contribution in [0.15, 0.2) is 0 Å². The fourth-order valence-corrected chi connectivity index (χ4v) is 4.33. The second-order valence-corrected chi connectivity index (χ2v) is 7.52. The standard InChI is InChI=1S/C16H25O2/c1-4-15(2,3)14(17)18-16-8-11-5-12(9-16)7-13(6-11)10-16/h11-12H,4-10H2,1-3H3/q+1. The number of carbonyl (C=O) groups excluding carboxylic acids is 1. The summed E-state index contributed by atoms with van der Waals surface area (Å²) in [7, 11) is 0. The average Bonchev–Trinajstić information content (AvgIpc) is 2.26. The van der Waals surface area contributed by atoms with Gasteiger partial charge >= 0.3 is 5.97 Å². The molecule has 4 rings (SSSR count). The van der Waals surface area contributed by atoms with Crippen molar-refractivity contribution in [3.63, 3.8) is 0 Å². The molecule has 0 spiro atoms. The van der Waals surface area contributed by atoms with Crippen LogP contribution in [0.1, 0.15) is 65.7 Å². The second-order valence-electron chi connectivity index (χ2n) is 7.52. The highest BCUT2D eigenvalue weighted by molar-refractivity contribution is 5.76. The predicted molar refractivity (Wildman–Crippen MR) is 70.8 cm³/mol. The number of rotatable bonds is 3. The van der Waals surface area contributed by atoms with E-state index in [2.05, 4.69) is 6.92 Å². The van der Waals surface area contributed by atoms with Crippen LogP contribution in [0, 0.1) is 23.2 Å². The minimum atomic E-state index is -0.325. The van der Waals surface area contributed by atoms with Gasteiger partial charge in [-0.1, -0.05) is 6.92 Å². The molecule has 0 aliphatic heterocycles. The van der Waals surface area contributed by atoms with E-state index in [4.69, 9.17) is 4.74 Å². The summed E-state index contributed by atoms with van der Waals surface area (Å²) in [5.41, 5.74) is -0.434. The largest absolute Gasteiger partial charge is 0.454 e. The highest BCUT2D eigenvalue weighted by atomic mass is 16.6. The Hall–Kier alpha value is -0.660. The molecule has 4 aliphatic carbocycles. The van der Waals surface area contributed by atoms with Crippen LogP contribution in [0.3, 0.4) is 0 Å². The minimum absolute atomic E-state index is 0.0209. The lowest BCUT2D eigenvalue weighted by atomic mass is 9.54. The van der Waals surface area contributed by atoms with E-state index in [1.54, 1.807) is 5.92 Å². The molecule has 4 bridgehead atoms. The maximum Gasteiger partial charge on any atom is 0.312 e. The maximum atomic E-state index is 12.3. The molecule has 100 valence electrons. The molecule has 0 aromatic carbocycles. The van der Waals surface area contributed by atoms with Crippen molar-refractivity contribution in [1.82, 2.24) is 0 Å². The van der Waals surface area contributed by atoms with Crippen molar-refractivity contribution >= 4 is 5.97 Å². The van der Waals surface area contributed by atoms with E-state index in [1.807, 2.05) is 13.8 Å². The second kappa shape index (κ2) is 3.91. The Morgan fingerprint density at radius 3 is 2.44 bits per heavy atom. The molecule has 0 N–H and O–H groups in total. The van der Waals surface area contributed by atoms with Crippen molar-refractivity contribution in [2.75, 3.05) is 0 Å². The van der Waals surface area contributed by atoms with Crippen LogP contribution in [-0.4, -0.2) is 11.6 Å². The Labute approximate surface area is 110 Å². The maximum absolute atomic E-state index is 12.3. The first-order chi connectivity index (χ1) is 8.42. The highest BCUT2D eigenvalue weighted by Gasteiger charge is 2.59. The van der Waals surface area contributed by atoms with E-state index in [1.165, 1.54) is 19.3 Å². The first-order valence-electron chi connectivity index (χ1n) is 7.49. The average molecular weight is 249 g/mol. The third-order valence-electron chi connectivity index (χ3n) is 5.46. The summed E-state index contributed by atoms with van der Waals surface area (Å²) in [5.74, 6) is 3.31. The van der Waals surface area contributed by atoms with Crippen molar-refractivity contribution in [2.45, 2.75) is 71.3 Å². The van der Waals surface area contributed by atoms with Gasteiger partial charge in [-0.15, -0.1) is 0 Å². The zero-order chi connectivity index (χ0) is 13.0. The van der Waals surface area contributed by atoms with Crippen molar-refractivity contribution < 1.29 is 9.53 Å². The Morgan fingerprint density at radius 2 is 1.94 bits per heavy atom. The zero-order valence-corrected chi connectivity index (χ0v) is 11.9. The van der Waals surface area contributed by atoms with Gasteiger partial charge in [-0.2, -0.15) is 0 Å². The van der Waals surface area contributed by atoms with Crippen LogP contribution in [0.25, 0.3) is 0 Å². The Morgan fingerprint density at radius 1 is 1.33 bits per heavy atom. The monoisotopic (exact) mass is 249 g/mol. The minimum Gasteiger partial charge on any atom is -0.454 e. The molecular weight excluding hydrogens is 224 g/mol. The van der Waals surface area contributed by atoms with Crippen molar-refractivity contribution in [3.05, 3.63) is 5.92 Å². The Kier molecular flexibility index (Phi) is 2.69. The summed E-state index contributed by atoms with van der Waals surface area (Å²) in [5, 5.41) is 0. The number of hydrogen-bond acceptors (Lipinski definition) is 2. The molecule has 0 radical (unpaired) electrons. The molecule has 4 saturated carbocycles. The summed E-state index contributed by atoms with van der Waals surface area (Å²) in [6.45, 7) is 6.07.